The zero-order valence-corrected chi connectivity index (χ0v) is 12.2. The summed E-state index contributed by atoms with van der Waals surface area (Å²) >= 11 is 12.3. The molecule has 0 aliphatic rings. The van der Waals surface area contributed by atoms with Crippen LogP contribution in [0.4, 0.5) is 0 Å². The van der Waals surface area contributed by atoms with E-state index in [9.17, 15) is 4.79 Å². The molecule has 2 aromatic rings. The molecule has 0 aliphatic carbocycles. The van der Waals surface area contributed by atoms with Gasteiger partial charge in [0, 0.05) is 18.0 Å². The molecule has 104 valence electrons. The van der Waals surface area contributed by atoms with E-state index in [4.69, 9.17) is 33.7 Å². The number of carbonyl (C=O) groups excluding carboxylic acids is 1. The number of aromatic nitrogens is 1. The molecule has 1 aromatic carbocycles. The summed E-state index contributed by atoms with van der Waals surface area (Å²) in [6.45, 7) is 0. The number of hydrogen-bond acceptors (Lipinski definition) is 3. The topological polar surface area (TPSA) is 65.2 Å². The lowest BCUT2D eigenvalue weighted by molar-refractivity contribution is -0.118. The van der Waals surface area contributed by atoms with Gasteiger partial charge in [0.05, 0.1) is 23.1 Å². The van der Waals surface area contributed by atoms with Crippen molar-refractivity contribution in [3.8, 4) is 5.75 Å². The van der Waals surface area contributed by atoms with Gasteiger partial charge in [-0.25, -0.2) is 0 Å². The SMILES string of the molecule is COc1ccc(Cl)c(Cl)c1C(C(N)=O)c1ccncc1. The maximum absolute atomic E-state index is 11.9. The van der Waals surface area contributed by atoms with Crippen LogP contribution in [0.15, 0.2) is 36.7 Å². The molecule has 20 heavy (non-hydrogen) atoms. The van der Waals surface area contributed by atoms with Crippen molar-refractivity contribution < 1.29 is 9.53 Å². The van der Waals surface area contributed by atoms with Crippen LogP contribution in [-0.2, 0) is 4.79 Å². The number of methoxy groups -OCH3 is 1. The summed E-state index contributed by atoms with van der Waals surface area (Å²) in [5, 5.41) is 0.592. The van der Waals surface area contributed by atoms with Gasteiger partial charge in [0.25, 0.3) is 0 Å². The van der Waals surface area contributed by atoms with Gasteiger partial charge in [-0.15, -0.1) is 0 Å². The first-order chi connectivity index (χ1) is 9.56. The minimum atomic E-state index is -0.751. The molecule has 0 fully saturated rings. The van der Waals surface area contributed by atoms with Gasteiger partial charge in [-0.2, -0.15) is 0 Å². The Kier molecular flexibility index (Phi) is 4.47. The van der Waals surface area contributed by atoms with E-state index in [1.54, 1.807) is 36.7 Å². The lowest BCUT2D eigenvalue weighted by atomic mass is 9.90. The molecule has 0 bridgehead atoms. The fraction of sp³-hybridized carbons (Fsp3) is 0.143. The summed E-state index contributed by atoms with van der Waals surface area (Å²) in [4.78, 5) is 15.8. The van der Waals surface area contributed by atoms with Crippen molar-refractivity contribution in [2.45, 2.75) is 5.92 Å². The molecule has 1 heterocycles. The molecule has 1 amide bonds. The Bertz CT molecular complexity index is 633. The maximum atomic E-state index is 11.9. The second-order valence-electron chi connectivity index (χ2n) is 4.09. The molecule has 6 heteroatoms. The highest BCUT2D eigenvalue weighted by Crippen LogP contribution is 2.40. The molecule has 0 spiro atoms. The van der Waals surface area contributed by atoms with Gasteiger partial charge >= 0.3 is 0 Å². The third kappa shape index (κ3) is 2.71. The van der Waals surface area contributed by atoms with Crippen LogP contribution in [0.25, 0.3) is 0 Å². The Morgan fingerprint density at radius 2 is 1.90 bits per heavy atom. The number of hydrogen-bond donors (Lipinski definition) is 1. The zero-order chi connectivity index (χ0) is 14.7. The van der Waals surface area contributed by atoms with Crippen LogP contribution in [0, 0.1) is 0 Å². The van der Waals surface area contributed by atoms with Crippen LogP contribution < -0.4 is 10.5 Å². The molecular weight excluding hydrogens is 299 g/mol. The number of rotatable bonds is 4. The summed E-state index contributed by atoms with van der Waals surface area (Å²) in [6, 6.07) is 6.66. The number of nitrogens with two attached hydrogens (primary N) is 1. The number of nitrogens with zero attached hydrogens (tertiary/aromatic N) is 1. The fourth-order valence-electron chi connectivity index (χ4n) is 2.02. The van der Waals surface area contributed by atoms with Crippen LogP contribution in [0.1, 0.15) is 17.0 Å². The molecule has 1 atom stereocenters. The first-order valence-corrected chi connectivity index (χ1v) is 6.53. The van der Waals surface area contributed by atoms with E-state index < -0.39 is 11.8 Å². The number of primary amides is 1. The Morgan fingerprint density at radius 1 is 1.25 bits per heavy atom. The quantitative estimate of drug-likeness (QED) is 0.944. The van der Waals surface area contributed by atoms with Crippen molar-refractivity contribution >= 4 is 29.1 Å². The smallest absolute Gasteiger partial charge is 0.229 e. The molecular formula is C14H12Cl2N2O2. The van der Waals surface area contributed by atoms with Crippen molar-refractivity contribution in [3.63, 3.8) is 0 Å². The first kappa shape index (κ1) is 14.6. The van der Waals surface area contributed by atoms with Crippen molar-refractivity contribution in [2.75, 3.05) is 7.11 Å². The molecule has 0 saturated carbocycles. The van der Waals surface area contributed by atoms with E-state index in [1.165, 1.54) is 7.11 Å². The van der Waals surface area contributed by atoms with E-state index in [1.807, 2.05) is 0 Å². The van der Waals surface area contributed by atoms with Gasteiger partial charge in [0.1, 0.15) is 5.75 Å². The van der Waals surface area contributed by atoms with Gasteiger partial charge < -0.3 is 10.5 Å². The molecule has 0 radical (unpaired) electrons. The van der Waals surface area contributed by atoms with Crippen molar-refractivity contribution in [2.24, 2.45) is 5.73 Å². The molecule has 0 saturated heterocycles. The highest BCUT2D eigenvalue weighted by atomic mass is 35.5. The summed E-state index contributed by atoms with van der Waals surface area (Å²) < 4.78 is 5.27. The molecule has 4 nitrogen and oxygen atoms in total. The van der Waals surface area contributed by atoms with Gasteiger partial charge in [0.15, 0.2) is 0 Å². The van der Waals surface area contributed by atoms with Gasteiger partial charge in [-0.05, 0) is 29.8 Å². The Hall–Kier alpha value is -1.78. The van der Waals surface area contributed by atoms with Gasteiger partial charge in [-0.1, -0.05) is 23.2 Å². The normalized spacial score (nSPS) is 11.9. The van der Waals surface area contributed by atoms with Crippen LogP contribution in [0.5, 0.6) is 5.75 Å². The maximum Gasteiger partial charge on any atom is 0.229 e. The molecule has 0 aliphatic heterocycles. The highest BCUT2D eigenvalue weighted by Gasteiger charge is 2.27. The predicted molar refractivity (Wildman–Crippen MR) is 78.3 cm³/mol. The van der Waals surface area contributed by atoms with Crippen LogP contribution in [0.2, 0.25) is 10.0 Å². The summed E-state index contributed by atoms with van der Waals surface area (Å²) in [5.41, 5.74) is 6.66. The predicted octanol–water partition coefficient (Wildman–Crippen LogP) is 3.01. The number of benzene rings is 1. The second-order valence-corrected chi connectivity index (χ2v) is 4.88. The highest BCUT2D eigenvalue weighted by molar-refractivity contribution is 6.42. The van der Waals surface area contributed by atoms with Gasteiger partial charge in [0.2, 0.25) is 5.91 Å². The Balaban J connectivity index is 2.67. The lowest BCUT2D eigenvalue weighted by Crippen LogP contribution is -2.23. The number of pyridine rings is 1. The first-order valence-electron chi connectivity index (χ1n) is 5.77. The van der Waals surface area contributed by atoms with Crippen LogP contribution >= 0.6 is 23.2 Å². The fourth-order valence-corrected chi connectivity index (χ4v) is 2.45. The van der Waals surface area contributed by atoms with Crippen molar-refractivity contribution in [1.29, 1.82) is 0 Å². The standard InChI is InChI=1S/C14H12Cl2N2O2/c1-20-10-3-2-9(15)13(16)12(10)11(14(17)19)8-4-6-18-7-5-8/h2-7,11H,1H3,(H2,17,19). The minimum absolute atomic E-state index is 0.256. The van der Waals surface area contributed by atoms with E-state index in [0.717, 1.165) is 0 Å². The van der Waals surface area contributed by atoms with Gasteiger partial charge in [-0.3, -0.25) is 9.78 Å². The van der Waals surface area contributed by atoms with Crippen molar-refractivity contribution in [1.82, 2.24) is 4.98 Å². The largest absolute Gasteiger partial charge is 0.496 e. The minimum Gasteiger partial charge on any atom is -0.496 e. The molecule has 1 unspecified atom stereocenters. The summed E-state index contributed by atoms with van der Waals surface area (Å²) in [7, 11) is 1.49. The average Bonchev–Trinajstić information content (AvgIpc) is 2.45. The second kappa shape index (κ2) is 6.11. The Labute approximate surface area is 126 Å². The third-order valence-corrected chi connectivity index (χ3v) is 3.74. The van der Waals surface area contributed by atoms with Crippen molar-refractivity contribution in [3.05, 3.63) is 57.8 Å². The van der Waals surface area contributed by atoms with E-state index in [2.05, 4.69) is 4.98 Å². The van der Waals surface area contributed by atoms with E-state index >= 15 is 0 Å². The summed E-state index contributed by atoms with van der Waals surface area (Å²) in [6.07, 6.45) is 3.16. The van der Waals surface area contributed by atoms with Crippen LogP contribution in [0.3, 0.4) is 0 Å². The molecule has 1 aromatic heterocycles. The van der Waals surface area contributed by atoms with E-state index in [0.29, 0.717) is 21.9 Å². The van der Waals surface area contributed by atoms with Crippen LogP contribution in [-0.4, -0.2) is 18.0 Å². The number of carbonyl (C=O) groups is 1. The average molecular weight is 311 g/mol. The summed E-state index contributed by atoms with van der Waals surface area (Å²) in [5.74, 6) is -0.835. The monoisotopic (exact) mass is 310 g/mol. The zero-order valence-electron chi connectivity index (χ0n) is 10.6. The number of halogens is 2. The third-order valence-electron chi connectivity index (χ3n) is 2.93. The Morgan fingerprint density at radius 3 is 2.45 bits per heavy atom. The number of amides is 1. The lowest BCUT2D eigenvalue weighted by Gasteiger charge is -2.19. The molecule has 2 rings (SSSR count). The molecule has 2 N–H and O–H groups in total. The number of ether oxygens (including phenoxy) is 1. The van der Waals surface area contributed by atoms with E-state index in [-0.39, 0.29) is 5.02 Å².